The van der Waals surface area contributed by atoms with Crippen LogP contribution in [0.2, 0.25) is 0 Å². The van der Waals surface area contributed by atoms with Crippen LogP contribution in [0.25, 0.3) is 11.1 Å². The SMILES string of the molecule is CS(=O)(=O)c1ccc(-c2cc3c(cc2C(O)c2cc(F)cc(F)c2)OCO3)cc1. The van der Waals surface area contributed by atoms with Crippen LogP contribution in [-0.4, -0.2) is 26.6 Å². The Morgan fingerprint density at radius 2 is 1.52 bits per heavy atom. The molecule has 0 spiro atoms. The van der Waals surface area contributed by atoms with Gasteiger partial charge in [0.25, 0.3) is 0 Å². The molecule has 1 aliphatic heterocycles. The molecule has 3 aromatic carbocycles. The van der Waals surface area contributed by atoms with E-state index in [0.717, 1.165) is 24.5 Å². The van der Waals surface area contributed by atoms with Crippen molar-refractivity contribution in [3.05, 3.63) is 77.4 Å². The van der Waals surface area contributed by atoms with Crippen molar-refractivity contribution < 1.29 is 31.8 Å². The number of hydrogen-bond acceptors (Lipinski definition) is 5. The van der Waals surface area contributed by atoms with Gasteiger partial charge in [0.15, 0.2) is 21.3 Å². The van der Waals surface area contributed by atoms with Crippen LogP contribution in [0.1, 0.15) is 17.2 Å². The van der Waals surface area contributed by atoms with Gasteiger partial charge in [-0.25, -0.2) is 17.2 Å². The van der Waals surface area contributed by atoms with Crippen molar-refractivity contribution in [3.8, 4) is 22.6 Å². The Kier molecular flexibility index (Phi) is 4.76. The number of rotatable bonds is 4. The fraction of sp³-hybridized carbons (Fsp3) is 0.143. The highest BCUT2D eigenvalue weighted by Gasteiger charge is 2.24. The zero-order valence-electron chi connectivity index (χ0n) is 15.2. The lowest BCUT2D eigenvalue weighted by atomic mass is 9.92. The van der Waals surface area contributed by atoms with Crippen molar-refractivity contribution >= 4 is 9.84 Å². The van der Waals surface area contributed by atoms with Crippen molar-refractivity contribution in [1.82, 2.24) is 0 Å². The molecule has 0 radical (unpaired) electrons. The molecule has 0 aliphatic carbocycles. The molecule has 1 unspecified atom stereocenters. The molecule has 29 heavy (non-hydrogen) atoms. The zero-order valence-corrected chi connectivity index (χ0v) is 16.0. The van der Waals surface area contributed by atoms with Gasteiger partial charge in [0.1, 0.15) is 17.7 Å². The van der Waals surface area contributed by atoms with Gasteiger partial charge < -0.3 is 14.6 Å². The summed E-state index contributed by atoms with van der Waals surface area (Å²) in [6, 6.07) is 12.1. The monoisotopic (exact) mass is 418 g/mol. The fourth-order valence-corrected chi connectivity index (χ4v) is 3.86. The van der Waals surface area contributed by atoms with E-state index in [1.165, 1.54) is 12.1 Å². The molecule has 1 heterocycles. The summed E-state index contributed by atoms with van der Waals surface area (Å²) < 4.78 is 61.5. The van der Waals surface area contributed by atoms with Gasteiger partial charge in [-0.1, -0.05) is 12.1 Å². The van der Waals surface area contributed by atoms with Crippen molar-refractivity contribution in [1.29, 1.82) is 0 Å². The van der Waals surface area contributed by atoms with Crippen molar-refractivity contribution in [2.75, 3.05) is 13.0 Å². The Labute approximate surface area is 166 Å². The first-order valence-electron chi connectivity index (χ1n) is 8.60. The highest BCUT2D eigenvalue weighted by molar-refractivity contribution is 7.90. The molecule has 0 amide bonds. The third-order valence-corrected chi connectivity index (χ3v) is 5.76. The molecular formula is C21H16F2O5S. The molecule has 0 saturated heterocycles. The van der Waals surface area contributed by atoms with Gasteiger partial charge in [0, 0.05) is 12.3 Å². The second-order valence-electron chi connectivity index (χ2n) is 6.69. The average molecular weight is 418 g/mol. The molecule has 1 atom stereocenters. The number of aliphatic hydroxyl groups is 1. The molecule has 4 rings (SSSR count). The molecule has 0 bridgehead atoms. The van der Waals surface area contributed by atoms with E-state index in [9.17, 15) is 22.3 Å². The van der Waals surface area contributed by atoms with Gasteiger partial charge >= 0.3 is 0 Å². The van der Waals surface area contributed by atoms with Gasteiger partial charge in [-0.15, -0.1) is 0 Å². The summed E-state index contributed by atoms with van der Waals surface area (Å²) in [6.07, 6.45) is -0.240. The van der Waals surface area contributed by atoms with E-state index < -0.39 is 27.6 Å². The minimum Gasteiger partial charge on any atom is -0.454 e. The summed E-state index contributed by atoms with van der Waals surface area (Å²) in [4.78, 5) is 0.149. The van der Waals surface area contributed by atoms with Crippen molar-refractivity contribution in [3.63, 3.8) is 0 Å². The van der Waals surface area contributed by atoms with E-state index in [0.29, 0.717) is 28.2 Å². The Morgan fingerprint density at radius 3 is 2.10 bits per heavy atom. The predicted octanol–water partition coefficient (Wildman–Crippen LogP) is 3.85. The molecule has 8 heteroatoms. The maximum absolute atomic E-state index is 13.7. The Morgan fingerprint density at radius 1 is 0.931 bits per heavy atom. The lowest BCUT2D eigenvalue weighted by molar-refractivity contribution is 0.173. The Bertz CT molecular complexity index is 1170. The van der Waals surface area contributed by atoms with Crippen molar-refractivity contribution in [2.24, 2.45) is 0 Å². The van der Waals surface area contributed by atoms with Crippen LogP contribution in [0.5, 0.6) is 11.5 Å². The lowest BCUT2D eigenvalue weighted by Crippen LogP contribution is -2.04. The van der Waals surface area contributed by atoms with Crippen LogP contribution in [0.15, 0.2) is 59.5 Å². The van der Waals surface area contributed by atoms with Gasteiger partial charge in [-0.05, 0) is 58.7 Å². The Balaban J connectivity index is 1.85. The van der Waals surface area contributed by atoms with E-state index in [1.54, 1.807) is 24.3 Å². The molecular weight excluding hydrogens is 402 g/mol. The first kappa shape index (κ1) is 19.4. The molecule has 1 N–H and O–H groups in total. The first-order chi connectivity index (χ1) is 13.7. The lowest BCUT2D eigenvalue weighted by Gasteiger charge is -2.18. The minimum atomic E-state index is -3.37. The van der Waals surface area contributed by atoms with Crippen LogP contribution in [0, 0.1) is 11.6 Å². The molecule has 3 aromatic rings. The maximum atomic E-state index is 13.7. The Hall–Kier alpha value is -2.97. The summed E-state index contributed by atoms with van der Waals surface area (Å²) >= 11 is 0. The van der Waals surface area contributed by atoms with Crippen molar-refractivity contribution in [2.45, 2.75) is 11.0 Å². The summed E-state index contributed by atoms with van der Waals surface area (Å²) in [7, 11) is -3.37. The normalized spacial score (nSPS) is 14.1. The zero-order chi connectivity index (χ0) is 20.8. The van der Waals surface area contributed by atoms with E-state index >= 15 is 0 Å². The number of sulfone groups is 1. The standard InChI is InChI=1S/C21H16F2O5S/c1-29(25,26)16-4-2-12(3-5-16)17-9-19-20(28-11-27-19)10-18(17)21(24)13-6-14(22)8-15(23)7-13/h2-10,21,24H,11H2,1H3. The smallest absolute Gasteiger partial charge is 0.231 e. The van der Waals surface area contributed by atoms with Crippen LogP contribution >= 0.6 is 0 Å². The number of aliphatic hydroxyl groups excluding tert-OH is 1. The van der Waals surface area contributed by atoms with Gasteiger partial charge in [0.2, 0.25) is 6.79 Å². The number of ether oxygens (including phenoxy) is 2. The van der Waals surface area contributed by atoms with E-state index in [1.807, 2.05) is 0 Å². The third kappa shape index (κ3) is 3.81. The second-order valence-corrected chi connectivity index (χ2v) is 8.71. The van der Waals surface area contributed by atoms with Crippen LogP contribution in [0.3, 0.4) is 0 Å². The molecule has 150 valence electrons. The third-order valence-electron chi connectivity index (χ3n) is 4.63. The molecule has 0 aromatic heterocycles. The first-order valence-corrected chi connectivity index (χ1v) is 10.5. The largest absolute Gasteiger partial charge is 0.454 e. The van der Waals surface area contributed by atoms with Crippen LogP contribution in [0.4, 0.5) is 8.78 Å². The number of fused-ring (bicyclic) bond motifs is 1. The molecule has 5 nitrogen and oxygen atoms in total. The molecule has 1 aliphatic rings. The van der Waals surface area contributed by atoms with Crippen LogP contribution < -0.4 is 9.47 Å². The summed E-state index contributed by atoms with van der Waals surface area (Å²) in [5.74, 6) is -0.765. The quantitative estimate of drug-likeness (QED) is 0.697. The summed E-state index contributed by atoms with van der Waals surface area (Å²) in [5.41, 5.74) is 1.50. The van der Waals surface area contributed by atoms with Gasteiger partial charge in [-0.2, -0.15) is 0 Å². The van der Waals surface area contributed by atoms with Gasteiger partial charge in [0.05, 0.1) is 4.90 Å². The predicted molar refractivity (Wildman–Crippen MR) is 102 cm³/mol. The highest BCUT2D eigenvalue weighted by Crippen LogP contribution is 2.42. The van der Waals surface area contributed by atoms with Crippen LogP contribution in [-0.2, 0) is 9.84 Å². The van der Waals surface area contributed by atoms with E-state index in [-0.39, 0.29) is 17.3 Å². The van der Waals surface area contributed by atoms with E-state index in [4.69, 9.17) is 9.47 Å². The molecule has 0 saturated carbocycles. The summed E-state index contributed by atoms with van der Waals surface area (Å²) in [5, 5.41) is 10.9. The topological polar surface area (TPSA) is 72.8 Å². The second kappa shape index (κ2) is 7.13. The van der Waals surface area contributed by atoms with E-state index in [2.05, 4.69) is 0 Å². The maximum Gasteiger partial charge on any atom is 0.231 e. The highest BCUT2D eigenvalue weighted by atomic mass is 32.2. The number of halogens is 2. The fourth-order valence-electron chi connectivity index (χ4n) is 3.23. The molecule has 0 fully saturated rings. The number of hydrogen-bond donors (Lipinski definition) is 1. The number of benzene rings is 3. The average Bonchev–Trinajstić information content (AvgIpc) is 3.12. The minimum absolute atomic E-state index is 0.00985. The van der Waals surface area contributed by atoms with Gasteiger partial charge in [-0.3, -0.25) is 0 Å². The summed E-state index contributed by atoms with van der Waals surface area (Å²) in [6.45, 7) is 0.00985.